The van der Waals surface area contributed by atoms with Crippen molar-refractivity contribution < 1.29 is 22.7 Å². The topological polar surface area (TPSA) is 69.2 Å². The van der Waals surface area contributed by atoms with Crippen LogP contribution in [0.3, 0.4) is 0 Å². The van der Waals surface area contributed by atoms with Crippen molar-refractivity contribution in [3.8, 4) is 5.75 Å². The number of halogens is 4. The number of benzene rings is 1. The Hall–Kier alpha value is -1.76. The second-order valence-corrected chi connectivity index (χ2v) is 7.27. The van der Waals surface area contributed by atoms with Crippen molar-refractivity contribution in [2.45, 2.75) is 39.0 Å². The van der Waals surface area contributed by atoms with E-state index in [1.165, 1.54) is 18.2 Å². The van der Waals surface area contributed by atoms with Crippen LogP contribution in [0.5, 0.6) is 5.75 Å². The molecule has 2 N–H and O–H groups in total. The number of ether oxygens (including phenoxy) is 1. The number of nitrogens with one attached hydrogen (secondary N) is 2. The van der Waals surface area contributed by atoms with Gasteiger partial charge in [0.2, 0.25) is 5.91 Å². The molecule has 1 heterocycles. The summed E-state index contributed by atoms with van der Waals surface area (Å²) in [6.45, 7) is 1.27. The smallest absolute Gasteiger partial charge is 0.387 e. The summed E-state index contributed by atoms with van der Waals surface area (Å²) in [5.74, 6) is -0.315. The molecule has 1 saturated heterocycles. The SMILES string of the molecule is CCNC(=NCc1c(F)cccc1OC(F)F)NC1CCN(CC(=O)N(C)C)CC1.I. The number of likely N-dealkylation sites (N-methyl/N-ethyl adjacent to an activating group) is 1. The van der Waals surface area contributed by atoms with Gasteiger partial charge in [0.1, 0.15) is 11.6 Å². The lowest BCUT2D eigenvalue weighted by Gasteiger charge is -2.33. The highest BCUT2D eigenvalue weighted by Gasteiger charge is 2.22. The van der Waals surface area contributed by atoms with Crippen LogP contribution in [-0.2, 0) is 11.3 Å². The summed E-state index contributed by atoms with van der Waals surface area (Å²) >= 11 is 0. The molecule has 1 aliphatic heterocycles. The van der Waals surface area contributed by atoms with E-state index in [9.17, 15) is 18.0 Å². The maximum atomic E-state index is 14.1. The molecule has 1 fully saturated rings. The van der Waals surface area contributed by atoms with Gasteiger partial charge in [0.15, 0.2) is 5.96 Å². The lowest BCUT2D eigenvalue weighted by atomic mass is 10.1. The van der Waals surface area contributed by atoms with Crippen LogP contribution in [0.2, 0.25) is 0 Å². The number of amides is 1. The Labute approximate surface area is 198 Å². The molecule has 31 heavy (non-hydrogen) atoms. The summed E-state index contributed by atoms with van der Waals surface area (Å²) in [6.07, 6.45) is 1.65. The third-order valence-corrected chi connectivity index (χ3v) is 4.82. The quantitative estimate of drug-likeness (QED) is 0.293. The van der Waals surface area contributed by atoms with Gasteiger partial charge >= 0.3 is 6.61 Å². The lowest BCUT2D eigenvalue weighted by Crippen LogP contribution is -2.50. The second-order valence-electron chi connectivity index (χ2n) is 7.27. The van der Waals surface area contributed by atoms with Crippen LogP contribution in [-0.4, -0.2) is 74.6 Å². The number of guanidine groups is 1. The summed E-state index contributed by atoms with van der Waals surface area (Å²) in [4.78, 5) is 19.9. The zero-order valence-corrected chi connectivity index (χ0v) is 20.4. The molecule has 0 atom stereocenters. The monoisotopic (exact) mass is 557 g/mol. The van der Waals surface area contributed by atoms with E-state index in [2.05, 4.69) is 25.3 Å². The van der Waals surface area contributed by atoms with Gasteiger partial charge in [0.05, 0.1) is 18.7 Å². The number of nitrogens with zero attached hydrogens (tertiary/aromatic N) is 3. The molecule has 1 aromatic rings. The van der Waals surface area contributed by atoms with Crippen LogP contribution in [0.25, 0.3) is 0 Å². The van der Waals surface area contributed by atoms with Gasteiger partial charge in [-0.15, -0.1) is 24.0 Å². The van der Waals surface area contributed by atoms with E-state index >= 15 is 0 Å². The van der Waals surface area contributed by atoms with Crippen molar-refractivity contribution >= 4 is 35.8 Å². The van der Waals surface area contributed by atoms with Crippen molar-refractivity contribution in [1.82, 2.24) is 20.4 Å². The molecule has 176 valence electrons. The third-order valence-electron chi connectivity index (χ3n) is 4.82. The molecule has 1 amide bonds. The Morgan fingerprint density at radius 3 is 2.58 bits per heavy atom. The Balaban J connectivity index is 0.00000480. The number of likely N-dealkylation sites (tertiary alicyclic amines) is 1. The van der Waals surface area contributed by atoms with Crippen LogP contribution < -0.4 is 15.4 Å². The predicted molar refractivity (Wildman–Crippen MR) is 125 cm³/mol. The van der Waals surface area contributed by atoms with E-state index < -0.39 is 12.4 Å². The number of alkyl halides is 2. The molecule has 11 heteroatoms. The minimum atomic E-state index is -3.04. The first-order chi connectivity index (χ1) is 14.3. The number of piperidine rings is 1. The fourth-order valence-electron chi connectivity index (χ4n) is 3.14. The second kappa shape index (κ2) is 13.6. The molecule has 0 unspecified atom stereocenters. The molecule has 0 spiro atoms. The molecule has 7 nitrogen and oxygen atoms in total. The molecular weight excluding hydrogens is 526 g/mol. The molecular formula is C20H31F3IN5O2. The van der Waals surface area contributed by atoms with Gasteiger partial charge in [-0.1, -0.05) is 6.07 Å². The molecule has 0 radical (unpaired) electrons. The van der Waals surface area contributed by atoms with Crippen molar-refractivity contribution in [2.24, 2.45) is 4.99 Å². The minimum Gasteiger partial charge on any atom is -0.434 e. The highest BCUT2D eigenvalue weighted by molar-refractivity contribution is 14.0. The number of hydrogen-bond donors (Lipinski definition) is 2. The van der Waals surface area contributed by atoms with E-state index in [0.29, 0.717) is 19.0 Å². The van der Waals surface area contributed by atoms with Gasteiger partial charge in [-0.05, 0) is 31.9 Å². The summed E-state index contributed by atoms with van der Waals surface area (Å²) in [5.41, 5.74) is -0.0213. The van der Waals surface area contributed by atoms with Crippen molar-refractivity contribution in [1.29, 1.82) is 0 Å². The molecule has 0 saturated carbocycles. The standard InChI is InChI=1S/C20H30F3N5O2.HI/c1-4-24-20(25-12-15-16(21)6-5-7-17(15)30-19(22)23)26-14-8-10-28(11-9-14)13-18(29)27(2)3;/h5-7,14,19H,4,8-13H2,1-3H3,(H2,24,25,26);1H. The van der Waals surface area contributed by atoms with E-state index in [-0.39, 0.29) is 53.8 Å². The Morgan fingerprint density at radius 1 is 1.32 bits per heavy atom. The maximum Gasteiger partial charge on any atom is 0.387 e. The Bertz CT molecular complexity index is 729. The molecule has 1 aliphatic rings. The van der Waals surface area contributed by atoms with Crippen LogP contribution in [0, 0.1) is 5.82 Å². The Morgan fingerprint density at radius 2 is 2.00 bits per heavy atom. The predicted octanol–water partition coefficient (Wildman–Crippen LogP) is 2.65. The van der Waals surface area contributed by atoms with Crippen LogP contribution in [0.4, 0.5) is 13.2 Å². The number of hydrogen-bond acceptors (Lipinski definition) is 4. The van der Waals surface area contributed by atoms with E-state index in [1.807, 2.05) is 6.92 Å². The van der Waals surface area contributed by atoms with Gasteiger partial charge in [-0.2, -0.15) is 8.78 Å². The zero-order chi connectivity index (χ0) is 22.1. The number of aliphatic imine (C=N–C) groups is 1. The molecule has 0 aliphatic carbocycles. The van der Waals surface area contributed by atoms with E-state index in [0.717, 1.165) is 25.9 Å². The van der Waals surface area contributed by atoms with Gasteiger partial charge in [0.25, 0.3) is 0 Å². The lowest BCUT2D eigenvalue weighted by molar-refractivity contribution is -0.130. The minimum absolute atomic E-state index is 0. The van der Waals surface area contributed by atoms with E-state index in [4.69, 9.17) is 0 Å². The first-order valence-corrected chi connectivity index (χ1v) is 9.99. The first-order valence-electron chi connectivity index (χ1n) is 9.99. The van der Waals surface area contributed by atoms with Gasteiger partial charge in [-0.25, -0.2) is 9.38 Å². The average Bonchev–Trinajstić information content (AvgIpc) is 2.68. The highest BCUT2D eigenvalue weighted by Crippen LogP contribution is 2.24. The highest BCUT2D eigenvalue weighted by atomic mass is 127. The van der Waals surface area contributed by atoms with Crippen LogP contribution in [0.1, 0.15) is 25.3 Å². The van der Waals surface area contributed by atoms with Crippen molar-refractivity contribution in [3.63, 3.8) is 0 Å². The zero-order valence-electron chi connectivity index (χ0n) is 18.0. The largest absolute Gasteiger partial charge is 0.434 e. The summed E-state index contributed by atoms with van der Waals surface area (Å²) in [6, 6.07) is 3.95. The average molecular weight is 557 g/mol. The fourth-order valence-corrected chi connectivity index (χ4v) is 3.14. The summed E-state index contributed by atoms with van der Waals surface area (Å²) in [5, 5.41) is 6.40. The summed E-state index contributed by atoms with van der Waals surface area (Å²) in [7, 11) is 3.48. The maximum absolute atomic E-state index is 14.1. The fraction of sp³-hybridized carbons (Fsp3) is 0.600. The molecule has 0 aromatic heterocycles. The summed E-state index contributed by atoms with van der Waals surface area (Å²) < 4.78 is 43.7. The molecule has 2 rings (SSSR count). The number of carbonyl (C=O) groups is 1. The van der Waals surface area contributed by atoms with E-state index in [1.54, 1.807) is 19.0 Å². The number of carbonyl (C=O) groups excluding carboxylic acids is 1. The van der Waals surface area contributed by atoms with Gasteiger partial charge < -0.3 is 20.3 Å². The van der Waals surface area contributed by atoms with Crippen molar-refractivity contribution in [2.75, 3.05) is 40.3 Å². The van der Waals surface area contributed by atoms with Gasteiger partial charge in [-0.3, -0.25) is 9.69 Å². The first kappa shape index (κ1) is 27.3. The molecule has 1 aromatic carbocycles. The number of rotatable bonds is 8. The Kier molecular flexibility index (Phi) is 12.0. The van der Waals surface area contributed by atoms with Crippen LogP contribution >= 0.6 is 24.0 Å². The van der Waals surface area contributed by atoms with Gasteiger partial charge in [0, 0.05) is 39.8 Å². The van der Waals surface area contributed by atoms with Crippen molar-refractivity contribution in [3.05, 3.63) is 29.6 Å². The third kappa shape index (κ3) is 9.09. The normalized spacial score (nSPS) is 15.4. The molecule has 0 bridgehead atoms. The van der Waals surface area contributed by atoms with Crippen LogP contribution in [0.15, 0.2) is 23.2 Å².